The number of hydrogen-bond acceptors (Lipinski definition) is 5. The predicted molar refractivity (Wildman–Crippen MR) is 114 cm³/mol. The first-order chi connectivity index (χ1) is 14.5. The number of carbonyl (C=O) groups is 2. The highest BCUT2D eigenvalue weighted by Gasteiger charge is 2.14. The number of thioether (sulfide) groups is 1. The number of nitrogens with zero attached hydrogens (tertiary/aromatic N) is 3. The largest absolute Gasteiger partial charge is 0.345 e. The molecule has 0 saturated carbocycles. The van der Waals surface area contributed by atoms with Gasteiger partial charge in [-0.2, -0.15) is 0 Å². The highest BCUT2D eigenvalue weighted by Crippen LogP contribution is 2.17. The Kier molecular flexibility index (Phi) is 7.18. The first kappa shape index (κ1) is 21.5. The topological polar surface area (TPSA) is 88.9 Å². The van der Waals surface area contributed by atoms with Crippen LogP contribution >= 0.6 is 11.8 Å². The molecule has 1 heterocycles. The van der Waals surface area contributed by atoms with E-state index < -0.39 is 11.7 Å². The van der Waals surface area contributed by atoms with Crippen molar-refractivity contribution in [3.63, 3.8) is 0 Å². The monoisotopic (exact) mass is 427 g/mol. The quantitative estimate of drug-likeness (QED) is 0.539. The summed E-state index contributed by atoms with van der Waals surface area (Å²) in [5.41, 5.74) is 1.92. The van der Waals surface area contributed by atoms with Gasteiger partial charge in [-0.15, -0.1) is 10.2 Å². The fraction of sp³-hybridized carbons (Fsp3) is 0.238. The molecule has 0 aliphatic heterocycles. The molecule has 156 valence electrons. The SMILES string of the molecule is CCc1ccc(NC(=O)CSc2nnc(CNC(=O)c3ccccc3F)n2C)cc1. The fourth-order valence-corrected chi connectivity index (χ4v) is 3.41. The maximum absolute atomic E-state index is 13.7. The number of rotatable bonds is 8. The number of nitrogens with one attached hydrogen (secondary N) is 2. The molecule has 2 amide bonds. The summed E-state index contributed by atoms with van der Waals surface area (Å²) in [6.45, 7) is 2.16. The smallest absolute Gasteiger partial charge is 0.254 e. The van der Waals surface area contributed by atoms with Crippen LogP contribution in [0.5, 0.6) is 0 Å². The van der Waals surface area contributed by atoms with Gasteiger partial charge in [0.05, 0.1) is 17.9 Å². The number of carbonyl (C=O) groups excluding carboxylic acids is 2. The van der Waals surface area contributed by atoms with Crippen molar-refractivity contribution in [3.05, 3.63) is 71.3 Å². The molecule has 0 radical (unpaired) electrons. The second kappa shape index (κ2) is 10.0. The Morgan fingerprint density at radius 2 is 1.83 bits per heavy atom. The van der Waals surface area contributed by atoms with Gasteiger partial charge in [0.15, 0.2) is 11.0 Å². The van der Waals surface area contributed by atoms with Crippen LogP contribution in [0, 0.1) is 5.82 Å². The van der Waals surface area contributed by atoms with Crippen molar-refractivity contribution in [1.29, 1.82) is 0 Å². The number of halogens is 1. The molecule has 1 aromatic heterocycles. The van der Waals surface area contributed by atoms with Gasteiger partial charge in [-0.05, 0) is 36.2 Å². The minimum absolute atomic E-state index is 0.0297. The van der Waals surface area contributed by atoms with E-state index in [-0.39, 0.29) is 23.8 Å². The van der Waals surface area contributed by atoms with Gasteiger partial charge in [-0.3, -0.25) is 9.59 Å². The molecule has 3 aromatic rings. The Labute approximate surface area is 178 Å². The first-order valence-corrected chi connectivity index (χ1v) is 10.4. The summed E-state index contributed by atoms with van der Waals surface area (Å²) in [7, 11) is 1.74. The number of benzene rings is 2. The Morgan fingerprint density at radius 3 is 2.53 bits per heavy atom. The van der Waals surface area contributed by atoms with Crippen molar-refractivity contribution < 1.29 is 14.0 Å². The zero-order valence-corrected chi connectivity index (χ0v) is 17.5. The van der Waals surface area contributed by atoms with Gasteiger partial charge in [-0.25, -0.2) is 4.39 Å². The van der Waals surface area contributed by atoms with E-state index in [0.29, 0.717) is 11.0 Å². The van der Waals surface area contributed by atoms with Crippen LogP contribution in [0.15, 0.2) is 53.7 Å². The van der Waals surface area contributed by atoms with E-state index >= 15 is 0 Å². The molecule has 0 fully saturated rings. The van der Waals surface area contributed by atoms with Gasteiger partial charge < -0.3 is 15.2 Å². The molecule has 3 rings (SSSR count). The van der Waals surface area contributed by atoms with E-state index in [1.165, 1.54) is 35.5 Å². The van der Waals surface area contributed by atoms with Crippen molar-refractivity contribution in [2.75, 3.05) is 11.1 Å². The fourth-order valence-electron chi connectivity index (χ4n) is 2.68. The van der Waals surface area contributed by atoms with Crippen molar-refractivity contribution >= 4 is 29.3 Å². The molecule has 0 bridgehead atoms. The number of hydrogen-bond donors (Lipinski definition) is 2. The maximum atomic E-state index is 13.7. The van der Waals surface area contributed by atoms with Crippen LogP contribution in [0.4, 0.5) is 10.1 Å². The van der Waals surface area contributed by atoms with Gasteiger partial charge in [0.1, 0.15) is 5.82 Å². The molecule has 9 heteroatoms. The molecule has 2 N–H and O–H groups in total. The lowest BCUT2D eigenvalue weighted by molar-refractivity contribution is -0.113. The summed E-state index contributed by atoms with van der Waals surface area (Å²) in [4.78, 5) is 24.3. The molecule has 0 aliphatic rings. The molecule has 30 heavy (non-hydrogen) atoms. The molecule has 0 spiro atoms. The predicted octanol–water partition coefficient (Wildman–Crippen LogP) is 3.18. The highest BCUT2D eigenvalue weighted by molar-refractivity contribution is 7.99. The van der Waals surface area contributed by atoms with Crippen LogP contribution < -0.4 is 10.6 Å². The lowest BCUT2D eigenvalue weighted by atomic mass is 10.1. The van der Waals surface area contributed by atoms with Gasteiger partial charge in [0.2, 0.25) is 5.91 Å². The second-order valence-electron chi connectivity index (χ2n) is 6.51. The van der Waals surface area contributed by atoms with Crippen LogP contribution in [0.1, 0.15) is 28.7 Å². The molecule has 2 aromatic carbocycles. The summed E-state index contributed by atoms with van der Waals surface area (Å²) in [6.07, 6.45) is 0.944. The van der Waals surface area contributed by atoms with Gasteiger partial charge in [0.25, 0.3) is 5.91 Å². The number of anilines is 1. The first-order valence-electron chi connectivity index (χ1n) is 9.40. The van der Waals surface area contributed by atoms with Crippen molar-refractivity contribution in [1.82, 2.24) is 20.1 Å². The molecule has 0 saturated heterocycles. The van der Waals surface area contributed by atoms with E-state index in [0.717, 1.165) is 12.1 Å². The van der Waals surface area contributed by atoms with Gasteiger partial charge in [-0.1, -0.05) is 43.0 Å². The van der Waals surface area contributed by atoms with Crippen molar-refractivity contribution in [2.45, 2.75) is 25.0 Å². The number of aromatic nitrogens is 3. The zero-order chi connectivity index (χ0) is 21.5. The molecule has 0 aliphatic carbocycles. The minimum Gasteiger partial charge on any atom is -0.345 e. The Balaban J connectivity index is 1.51. The molecule has 0 atom stereocenters. The third-order valence-corrected chi connectivity index (χ3v) is 5.45. The Hall–Kier alpha value is -3.20. The van der Waals surface area contributed by atoms with Gasteiger partial charge >= 0.3 is 0 Å². The Bertz CT molecular complexity index is 1040. The van der Waals surface area contributed by atoms with Crippen LogP contribution in [0.25, 0.3) is 0 Å². The summed E-state index contributed by atoms with van der Waals surface area (Å²) in [5, 5.41) is 14.1. The molecular weight excluding hydrogens is 405 g/mol. The van der Waals surface area contributed by atoms with E-state index in [9.17, 15) is 14.0 Å². The standard InChI is InChI=1S/C21H22FN5O2S/c1-3-14-8-10-15(11-9-14)24-19(28)13-30-21-26-25-18(27(21)2)12-23-20(29)16-6-4-5-7-17(16)22/h4-11H,3,12-13H2,1-2H3,(H,23,29)(H,24,28). The van der Waals surface area contributed by atoms with E-state index in [2.05, 4.69) is 27.8 Å². The average molecular weight is 428 g/mol. The summed E-state index contributed by atoms with van der Waals surface area (Å²) in [6, 6.07) is 13.5. The number of aryl methyl sites for hydroxylation is 1. The summed E-state index contributed by atoms with van der Waals surface area (Å²) in [5.74, 6) is -0.596. The molecule has 0 unspecified atom stereocenters. The highest BCUT2D eigenvalue weighted by atomic mass is 32.2. The third-order valence-electron chi connectivity index (χ3n) is 4.43. The number of amides is 2. The van der Waals surface area contributed by atoms with Crippen LogP contribution in [0.3, 0.4) is 0 Å². The normalized spacial score (nSPS) is 10.6. The van der Waals surface area contributed by atoms with Gasteiger partial charge in [0, 0.05) is 12.7 Å². The zero-order valence-electron chi connectivity index (χ0n) is 16.7. The molecule has 7 nitrogen and oxygen atoms in total. The van der Waals surface area contributed by atoms with Crippen LogP contribution in [-0.4, -0.2) is 32.3 Å². The second-order valence-corrected chi connectivity index (χ2v) is 7.45. The Morgan fingerprint density at radius 1 is 1.10 bits per heavy atom. The van der Waals surface area contributed by atoms with E-state index in [1.807, 2.05) is 24.3 Å². The van der Waals surface area contributed by atoms with Crippen LogP contribution in [0.2, 0.25) is 0 Å². The van der Waals surface area contributed by atoms with E-state index in [4.69, 9.17) is 0 Å². The van der Waals surface area contributed by atoms with Crippen molar-refractivity contribution in [2.24, 2.45) is 7.05 Å². The maximum Gasteiger partial charge on any atom is 0.254 e. The van der Waals surface area contributed by atoms with Crippen molar-refractivity contribution in [3.8, 4) is 0 Å². The molecular formula is C21H22FN5O2S. The van der Waals surface area contributed by atoms with E-state index in [1.54, 1.807) is 17.7 Å². The lowest BCUT2D eigenvalue weighted by Gasteiger charge is -2.07. The average Bonchev–Trinajstić information content (AvgIpc) is 3.11. The third kappa shape index (κ3) is 5.44. The minimum atomic E-state index is -0.584. The lowest BCUT2D eigenvalue weighted by Crippen LogP contribution is -2.25. The summed E-state index contributed by atoms with van der Waals surface area (Å²) >= 11 is 1.24. The summed E-state index contributed by atoms with van der Waals surface area (Å²) < 4.78 is 15.4. The van der Waals surface area contributed by atoms with Crippen LogP contribution in [-0.2, 0) is 24.8 Å².